The van der Waals surface area contributed by atoms with Gasteiger partial charge >= 0.3 is 0 Å². The number of nitrogens with one attached hydrogen (secondary N) is 2. The molecule has 6 nitrogen and oxygen atoms in total. The van der Waals surface area contributed by atoms with E-state index in [4.69, 9.17) is 4.74 Å². The number of nitrogens with zero attached hydrogens (tertiary/aromatic N) is 3. The molecule has 25 heavy (non-hydrogen) atoms. The van der Waals surface area contributed by atoms with Crippen LogP contribution in [-0.2, 0) is 17.8 Å². The van der Waals surface area contributed by atoms with E-state index >= 15 is 0 Å². The van der Waals surface area contributed by atoms with Crippen molar-refractivity contribution in [1.29, 1.82) is 0 Å². The molecule has 132 valence electrons. The number of methoxy groups -OCH3 is 1. The van der Waals surface area contributed by atoms with E-state index in [1.807, 2.05) is 16.9 Å². The molecule has 0 bridgehead atoms. The lowest BCUT2D eigenvalue weighted by Crippen LogP contribution is -2.05. The molecule has 0 aliphatic rings. The van der Waals surface area contributed by atoms with Gasteiger partial charge in [0.1, 0.15) is 17.5 Å². The van der Waals surface area contributed by atoms with Crippen molar-refractivity contribution in [3.05, 3.63) is 53.9 Å². The van der Waals surface area contributed by atoms with Crippen molar-refractivity contribution in [1.82, 2.24) is 20.0 Å². The van der Waals surface area contributed by atoms with E-state index in [1.54, 1.807) is 13.3 Å². The van der Waals surface area contributed by atoms with E-state index in [0.29, 0.717) is 30.2 Å². The minimum Gasteiger partial charge on any atom is -0.385 e. The molecule has 0 radical (unpaired) electrons. The van der Waals surface area contributed by atoms with Crippen molar-refractivity contribution in [3.8, 4) is 11.3 Å². The zero-order chi connectivity index (χ0) is 17.6. The summed E-state index contributed by atoms with van der Waals surface area (Å²) >= 11 is 0. The zero-order valence-electron chi connectivity index (χ0n) is 13.8. The largest absolute Gasteiger partial charge is 0.385 e. The summed E-state index contributed by atoms with van der Waals surface area (Å²) in [6, 6.07) is 5.62. The summed E-state index contributed by atoms with van der Waals surface area (Å²) in [5.41, 5.74) is 0.863. The topological polar surface area (TPSA) is 67.8 Å². The van der Waals surface area contributed by atoms with Gasteiger partial charge in [-0.1, -0.05) is 6.07 Å². The van der Waals surface area contributed by atoms with Gasteiger partial charge in [0.2, 0.25) is 0 Å². The molecule has 0 unspecified atom stereocenters. The van der Waals surface area contributed by atoms with Crippen molar-refractivity contribution in [2.75, 3.05) is 19.0 Å². The number of benzene rings is 1. The van der Waals surface area contributed by atoms with Gasteiger partial charge in [0.25, 0.3) is 0 Å². The van der Waals surface area contributed by atoms with Crippen LogP contribution in [-0.4, -0.2) is 33.7 Å². The number of hydrogen-bond donors (Lipinski definition) is 2. The highest BCUT2D eigenvalue weighted by Gasteiger charge is 2.16. The summed E-state index contributed by atoms with van der Waals surface area (Å²) in [5.74, 6) is -0.584. The Balaban J connectivity index is 1.68. The van der Waals surface area contributed by atoms with Gasteiger partial charge in [0.05, 0.1) is 17.5 Å². The van der Waals surface area contributed by atoms with E-state index in [-0.39, 0.29) is 5.56 Å². The Kier molecular flexibility index (Phi) is 5.39. The highest BCUT2D eigenvalue weighted by atomic mass is 19.1. The Labute approximate surface area is 143 Å². The fraction of sp³-hybridized carbons (Fsp3) is 0.294. The quantitative estimate of drug-likeness (QED) is 0.614. The number of halogens is 2. The van der Waals surface area contributed by atoms with Crippen LogP contribution in [0.2, 0.25) is 0 Å². The maximum absolute atomic E-state index is 14.0. The maximum atomic E-state index is 14.0. The van der Waals surface area contributed by atoms with E-state index in [0.717, 1.165) is 13.0 Å². The molecule has 2 N–H and O–H groups in total. The van der Waals surface area contributed by atoms with Crippen LogP contribution in [0.1, 0.15) is 12.0 Å². The van der Waals surface area contributed by atoms with Crippen molar-refractivity contribution >= 4 is 5.82 Å². The van der Waals surface area contributed by atoms with Gasteiger partial charge in [-0.25, -0.2) is 8.78 Å². The molecule has 0 spiro atoms. The van der Waals surface area contributed by atoms with Crippen LogP contribution in [0.4, 0.5) is 14.6 Å². The third kappa shape index (κ3) is 4.03. The second kappa shape index (κ2) is 7.89. The molecule has 0 saturated carbocycles. The number of aromatic amines is 1. The number of aromatic nitrogens is 4. The molecule has 2 aromatic heterocycles. The smallest absolute Gasteiger partial charge is 0.148 e. The summed E-state index contributed by atoms with van der Waals surface area (Å²) in [6.07, 6.45) is 4.28. The van der Waals surface area contributed by atoms with Crippen LogP contribution in [0.3, 0.4) is 0 Å². The predicted molar refractivity (Wildman–Crippen MR) is 90.0 cm³/mol. The molecule has 0 saturated heterocycles. The van der Waals surface area contributed by atoms with Gasteiger partial charge in [-0.15, -0.1) is 0 Å². The molecule has 0 fully saturated rings. The first kappa shape index (κ1) is 17.1. The summed E-state index contributed by atoms with van der Waals surface area (Å²) in [7, 11) is 1.66. The second-order valence-corrected chi connectivity index (χ2v) is 5.53. The normalized spacial score (nSPS) is 11.0. The van der Waals surface area contributed by atoms with Gasteiger partial charge in [-0.05, 0) is 18.6 Å². The van der Waals surface area contributed by atoms with Crippen molar-refractivity contribution in [3.63, 3.8) is 0 Å². The number of hydrogen-bond acceptors (Lipinski definition) is 4. The third-order valence-corrected chi connectivity index (χ3v) is 3.77. The molecule has 2 heterocycles. The van der Waals surface area contributed by atoms with Crippen molar-refractivity contribution < 1.29 is 13.5 Å². The van der Waals surface area contributed by atoms with Crippen LogP contribution >= 0.6 is 0 Å². The molecular formula is C17H19F2N5O. The monoisotopic (exact) mass is 347 g/mol. The van der Waals surface area contributed by atoms with Crippen LogP contribution in [0, 0.1) is 11.6 Å². The fourth-order valence-corrected chi connectivity index (χ4v) is 2.54. The number of H-pyrrole nitrogens is 1. The van der Waals surface area contributed by atoms with Crippen LogP contribution in [0.5, 0.6) is 0 Å². The Bertz CT molecular complexity index is 810. The minimum absolute atomic E-state index is 0.109. The molecule has 0 aliphatic heterocycles. The van der Waals surface area contributed by atoms with E-state index in [9.17, 15) is 8.78 Å². The number of ether oxygens (including phenoxy) is 1. The van der Waals surface area contributed by atoms with Crippen LogP contribution < -0.4 is 5.32 Å². The summed E-state index contributed by atoms with van der Waals surface area (Å²) in [4.78, 5) is 0. The molecule has 1 aromatic carbocycles. The van der Waals surface area contributed by atoms with Crippen LogP contribution in [0.15, 0.2) is 36.7 Å². The van der Waals surface area contributed by atoms with Crippen molar-refractivity contribution in [2.45, 2.75) is 19.5 Å². The Morgan fingerprint density at radius 1 is 1.24 bits per heavy atom. The lowest BCUT2D eigenvalue weighted by molar-refractivity contribution is 0.189. The Morgan fingerprint density at radius 2 is 2.04 bits per heavy atom. The van der Waals surface area contributed by atoms with E-state index < -0.39 is 11.6 Å². The first-order chi connectivity index (χ1) is 12.2. The standard InChI is InChI=1S/C17H19F2N5O/c1-25-9-3-7-24-8-6-15(23-24)20-10-12-11-21-22-17(12)16-13(18)4-2-5-14(16)19/h2,4-6,8,11H,3,7,9-10H2,1H3,(H,20,23)(H,21,22). The average molecular weight is 347 g/mol. The molecular weight excluding hydrogens is 328 g/mol. The number of anilines is 1. The number of rotatable bonds is 8. The molecule has 0 amide bonds. The third-order valence-electron chi connectivity index (χ3n) is 3.77. The summed E-state index contributed by atoms with van der Waals surface area (Å²) < 4.78 is 34.8. The number of aryl methyl sites for hydroxylation is 1. The highest BCUT2D eigenvalue weighted by Crippen LogP contribution is 2.27. The molecule has 3 rings (SSSR count). The summed E-state index contributed by atoms with van der Waals surface area (Å²) in [6.45, 7) is 1.77. The lowest BCUT2D eigenvalue weighted by Gasteiger charge is -2.07. The Morgan fingerprint density at radius 3 is 2.80 bits per heavy atom. The van der Waals surface area contributed by atoms with E-state index in [1.165, 1.54) is 18.2 Å². The maximum Gasteiger partial charge on any atom is 0.148 e. The first-order valence-electron chi connectivity index (χ1n) is 7.92. The van der Waals surface area contributed by atoms with Gasteiger partial charge in [0.15, 0.2) is 0 Å². The summed E-state index contributed by atoms with van der Waals surface area (Å²) in [5, 5.41) is 14.1. The fourth-order valence-electron chi connectivity index (χ4n) is 2.54. The van der Waals surface area contributed by atoms with E-state index in [2.05, 4.69) is 20.6 Å². The van der Waals surface area contributed by atoms with Gasteiger partial charge in [-0.2, -0.15) is 10.2 Å². The second-order valence-electron chi connectivity index (χ2n) is 5.53. The van der Waals surface area contributed by atoms with Gasteiger partial charge in [0, 0.05) is 44.6 Å². The first-order valence-corrected chi connectivity index (χ1v) is 7.92. The predicted octanol–water partition coefficient (Wildman–Crippen LogP) is 3.20. The van der Waals surface area contributed by atoms with Crippen molar-refractivity contribution in [2.24, 2.45) is 0 Å². The lowest BCUT2D eigenvalue weighted by atomic mass is 10.1. The van der Waals surface area contributed by atoms with Crippen LogP contribution in [0.25, 0.3) is 11.3 Å². The zero-order valence-corrected chi connectivity index (χ0v) is 13.8. The van der Waals surface area contributed by atoms with Gasteiger partial charge < -0.3 is 10.1 Å². The minimum atomic E-state index is -0.632. The SMILES string of the molecule is COCCCn1ccc(NCc2cn[nH]c2-c2c(F)cccc2F)n1. The average Bonchev–Trinajstić information content (AvgIpc) is 3.23. The molecule has 0 aliphatic carbocycles. The Hall–Kier alpha value is -2.74. The molecule has 8 heteroatoms. The molecule has 0 atom stereocenters. The van der Waals surface area contributed by atoms with Gasteiger partial charge in [-0.3, -0.25) is 9.78 Å². The highest BCUT2D eigenvalue weighted by molar-refractivity contribution is 5.64. The molecule has 3 aromatic rings.